The molecule has 1 amide bonds. The lowest BCUT2D eigenvalue weighted by Gasteiger charge is -2.46. The number of aromatic nitrogens is 1. The van der Waals surface area contributed by atoms with Gasteiger partial charge in [-0.05, 0) is 81.3 Å². The van der Waals surface area contributed by atoms with Gasteiger partial charge in [0.25, 0.3) is 0 Å². The maximum Gasteiger partial charge on any atom is 0.410 e. The van der Waals surface area contributed by atoms with Crippen molar-refractivity contribution in [1.82, 2.24) is 9.13 Å². The molecule has 33 heavy (non-hydrogen) atoms. The molecular weight excluding hydrogens is 424 g/mol. The Morgan fingerprint density at radius 2 is 1.67 bits per heavy atom. The van der Waals surface area contributed by atoms with Gasteiger partial charge in [-0.15, -0.1) is 0 Å². The van der Waals surface area contributed by atoms with Crippen molar-refractivity contribution in [2.45, 2.75) is 117 Å². The molecule has 1 aromatic heterocycles. The maximum atomic E-state index is 12.8. The molecule has 1 aromatic carbocycles. The predicted molar refractivity (Wildman–Crippen MR) is 143 cm³/mol. The summed E-state index contributed by atoms with van der Waals surface area (Å²) in [6.07, 6.45) is 2.68. The molecule has 1 heterocycles. The number of ether oxygens (including phenoxy) is 1. The average molecular weight is 471 g/mol. The molecule has 184 valence electrons. The Hall–Kier alpha value is -1.75. The van der Waals surface area contributed by atoms with Gasteiger partial charge >= 0.3 is 6.09 Å². The second-order valence-electron chi connectivity index (χ2n) is 12.1. The van der Waals surface area contributed by atoms with Crippen molar-refractivity contribution in [3.63, 3.8) is 0 Å². The fourth-order valence-corrected chi connectivity index (χ4v) is 13.6. The van der Waals surface area contributed by atoms with Crippen molar-refractivity contribution in [1.29, 1.82) is 0 Å². The molecule has 0 N–H and O–H groups in total. The summed E-state index contributed by atoms with van der Waals surface area (Å²) in [5, 5.41) is 1.39. The largest absolute Gasteiger partial charge is 0.444 e. The summed E-state index contributed by atoms with van der Waals surface area (Å²) >= 11 is 0. The second-order valence-corrected chi connectivity index (χ2v) is 17.8. The number of benzene rings is 1. The number of fused-ring (bicyclic) bond motifs is 3. The van der Waals surface area contributed by atoms with Gasteiger partial charge in [0.15, 0.2) is 8.24 Å². The van der Waals surface area contributed by atoms with Crippen molar-refractivity contribution >= 4 is 25.2 Å². The molecule has 0 bridgehead atoms. The first-order valence-electron chi connectivity index (χ1n) is 12.8. The minimum Gasteiger partial charge on any atom is -0.444 e. The van der Waals surface area contributed by atoms with Crippen LogP contribution in [0, 0.1) is 6.92 Å². The second kappa shape index (κ2) is 9.13. The number of hydrogen-bond acceptors (Lipinski definition) is 2. The molecule has 1 aliphatic rings. The molecule has 5 heteroatoms. The van der Waals surface area contributed by atoms with Gasteiger partial charge in [0, 0.05) is 29.7 Å². The Kier molecular flexibility index (Phi) is 7.15. The number of nitrogens with zero attached hydrogens (tertiary/aromatic N) is 2. The molecule has 1 atom stereocenters. The van der Waals surface area contributed by atoms with Crippen molar-refractivity contribution in [3.8, 4) is 0 Å². The lowest BCUT2D eigenvalue weighted by Crippen LogP contribution is -2.53. The van der Waals surface area contributed by atoms with E-state index in [-0.39, 0.29) is 12.1 Å². The molecule has 2 aromatic rings. The van der Waals surface area contributed by atoms with Crippen LogP contribution in [0.25, 0.3) is 10.9 Å². The summed E-state index contributed by atoms with van der Waals surface area (Å²) in [4.78, 5) is 14.7. The zero-order chi connectivity index (χ0) is 24.9. The number of rotatable bonds is 5. The van der Waals surface area contributed by atoms with Crippen molar-refractivity contribution in [2.75, 3.05) is 7.05 Å². The topological polar surface area (TPSA) is 34.5 Å². The molecule has 0 saturated carbocycles. The van der Waals surface area contributed by atoms with E-state index in [0.29, 0.717) is 16.6 Å². The van der Waals surface area contributed by atoms with Crippen LogP contribution in [0.4, 0.5) is 4.79 Å². The van der Waals surface area contributed by atoms with E-state index in [0.717, 1.165) is 19.3 Å². The highest BCUT2D eigenvalue weighted by Crippen LogP contribution is 2.47. The number of likely N-dealkylation sites (N-methyl/N-ethyl adjacent to an activating group) is 1. The molecule has 0 saturated heterocycles. The molecule has 0 fully saturated rings. The van der Waals surface area contributed by atoms with Crippen LogP contribution in [-0.4, -0.2) is 42.2 Å². The van der Waals surface area contributed by atoms with Crippen LogP contribution in [0.1, 0.15) is 85.6 Å². The summed E-state index contributed by atoms with van der Waals surface area (Å²) in [5.74, 6) is 0. The normalized spacial score (nSPS) is 17.2. The molecule has 1 aliphatic carbocycles. The predicted octanol–water partition coefficient (Wildman–Crippen LogP) is 7.70. The lowest BCUT2D eigenvalue weighted by molar-refractivity contribution is 0.0210. The van der Waals surface area contributed by atoms with Crippen molar-refractivity contribution in [3.05, 3.63) is 35.0 Å². The van der Waals surface area contributed by atoms with E-state index < -0.39 is 13.8 Å². The number of carbonyl (C=O) groups is 1. The Morgan fingerprint density at radius 1 is 1.09 bits per heavy atom. The number of aryl methyl sites for hydroxylation is 1. The van der Waals surface area contributed by atoms with Crippen molar-refractivity contribution < 1.29 is 9.53 Å². The third-order valence-corrected chi connectivity index (χ3v) is 14.7. The quantitative estimate of drug-likeness (QED) is 0.420. The van der Waals surface area contributed by atoms with Crippen LogP contribution in [0.2, 0.25) is 16.6 Å². The average Bonchev–Trinajstić information content (AvgIpc) is 2.99. The van der Waals surface area contributed by atoms with Gasteiger partial charge in [0.2, 0.25) is 0 Å². The first-order chi connectivity index (χ1) is 15.2. The fourth-order valence-electron chi connectivity index (χ4n) is 6.68. The van der Waals surface area contributed by atoms with Gasteiger partial charge in [-0.2, -0.15) is 0 Å². The van der Waals surface area contributed by atoms with Gasteiger partial charge in [-0.25, -0.2) is 4.79 Å². The van der Waals surface area contributed by atoms with Gasteiger partial charge in [0.05, 0.1) is 0 Å². The summed E-state index contributed by atoms with van der Waals surface area (Å²) < 4.78 is 8.55. The summed E-state index contributed by atoms with van der Waals surface area (Å²) in [6, 6.07) is 7.18. The SMILES string of the molecule is Cc1ccc2c(c1)c1c(n2[Si](C(C)C)(C(C)C)C(C)C)CCC(N(C)C(=O)OC(C)(C)C)C1. The standard InChI is InChI=1S/C28H46N2O2Si/c1-18(2)33(19(3)4,20(5)6)30-25-14-12-21(7)16-23(25)24-17-22(13-15-26(24)30)29(11)27(31)32-28(8,9)10/h12,14,16,18-20,22H,13,15,17H2,1-11H3. The maximum absolute atomic E-state index is 12.8. The number of amides is 1. The zero-order valence-corrected chi connectivity index (χ0v) is 23.9. The summed E-state index contributed by atoms with van der Waals surface area (Å²) in [7, 11) is 0.00238. The van der Waals surface area contributed by atoms with Crippen molar-refractivity contribution in [2.24, 2.45) is 0 Å². The molecule has 0 aliphatic heterocycles. The lowest BCUT2D eigenvalue weighted by atomic mass is 9.90. The van der Waals surface area contributed by atoms with Gasteiger partial charge in [-0.1, -0.05) is 53.2 Å². The summed E-state index contributed by atoms with van der Waals surface area (Å²) in [6.45, 7) is 22.7. The molecule has 3 rings (SSSR count). The smallest absolute Gasteiger partial charge is 0.410 e. The van der Waals surface area contributed by atoms with E-state index in [1.165, 1.54) is 27.7 Å². The first-order valence-corrected chi connectivity index (χ1v) is 15.0. The molecule has 4 nitrogen and oxygen atoms in total. The molecule has 1 unspecified atom stereocenters. The Morgan fingerprint density at radius 3 is 2.18 bits per heavy atom. The van der Waals surface area contributed by atoms with Crippen LogP contribution in [0.15, 0.2) is 18.2 Å². The molecule has 0 radical (unpaired) electrons. The highest BCUT2D eigenvalue weighted by atomic mass is 28.3. The van der Waals surface area contributed by atoms with E-state index in [4.69, 9.17) is 4.74 Å². The van der Waals surface area contributed by atoms with E-state index >= 15 is 0 Å². The molecule has 0 spiro atoms. The van der Waals surface area contributed by atoms with Crippen LogP contribution in [0.3, 0.4) is 0 Å². The highest BCUT2D eigenvalue weighted by Gasteiger charge is 2.48. The number of hydrogen-bond donors (Lipinski definition) is 0. The van der Waals surface area contributed by atoms with Crippen LogP contribution < -0.4 is 0 Å². The minimum atomic E-state index is -1.90. The number of carbonyl (C=O) groups excluding carboxylic acids is 1. The fraction of sp³-hybridized carbons (Fsp3) is 0.679. The highest BCUT2D eigenvalue weighted by molar-refractivity contribution is 6.82. The third kappa shape index (κ3) is 4.50. The monoisotopic (exact) mass is 470 g/mol. The Balaban J connectivity index is 2.17. The van der Waals surface area contributed by atoms with Gasteiger partial charge in [0.1, 0.15) is 5.60 Å². The molecular formula is C28H46N2O2Si. The van der Waals surface area contributed by atoms with Gasteiger partial charge < -0.3 is 13.9 Å². The summed E-state index contributed by atoms with van der Waals surface area (Å²) in [5.41, 5.74) is 7.15. The first kappa shape index (κ1) is 25.9. The van der Waals surface area contributed by atoms with E-state index in [1.54, 1.807) is 0 Å². The van der Waals surface area contributed by atoms with Gasteiger partial charge in [-0.3, -0.25) is 0 Å². The van der Waals surface area contributed by atoms with Crippen LogP contribution in [0.5, 0.6) is 0 Å². The van der Waals surface area contributed by atoms with Crippen LogP contribution in [-0.2, 0) is 17.6 Å². The minimum absolute atomic E-state index is 0.167. The van der Waals surface area contributed by atoms with E-state index in [2.05, 4.69) is 70.9 Å². The Labute approximate surface area is 202 Å². The zero-order valence-electron chi connectivity index (χ0n) is 22.9. The third-order valence-electron chi connectivity index (χ3n) is 7.88. The van der Waals surface area contributed by atoms with E-state index in [9.17, 15) is 4.79 Å². The Bertz CT molecular complexity index is 991. The van der Waals surface area contributed by atoms with E-state index in [1.807, 2.05) is 32.7 Å². The van der Waals surface area contributed by atoms with Crippen LogP contribution >= 0.6 is 0 Å².